The third kappa shape index (κ3) is 2.07. The van der Waals surface area contributed by atoms with Crippen molar-refractivity contribution in [1.82, 2.24) is 10.2 Å². The van der Waals surface area contributed by atoms with Crippen LogP contribution in [-0.2, 0) is 4.79 Å². The van der Waals surface area contributed by atoms with Crippen LogP contribution in [0.25, 0.3) is 0 Å². The molecule has 2 saturated carbocycles. The van der Waals surface area contributed by atoms with E-state index < -0.39 is 0 Å². The fourth-order valence-corrected chi connectivity index (χ4v) is 4.04. The van der Waals surface area contributed by atoms with Gasteiger partial charge in [-0.1, -0.05) is 12.8 Å². The zero-order valence-corrected chi connectivity index (χ0v) is 11.7. The topological polar surface area (TPSA) is 32.3 Å². The Morgan fingerprint density at radius 2 is 1.72 bits per heavy atom. The number of piperidine rings is 1. The van der Waals surface area contributed by atoms with Gasteiger partial charge in [0.2, 0.25) is 5.91 Å². The molecule has 2 atom stereocenters. The average molecular weight is 250 g/mol. The Balaban J connectivity index is 1.56. The maximum atomic E-state index is 12.5. The molecule has 2 unspecified atom stereocenters. The Bertz CT molecular complexity index is 321. The van der Waals surface area contributed by atoms with Gasteiger partial charge in [0, 0.05) is 24.5 Å². The smallest absolute Gasteiger partial charge is 0.226 e. The summed E-state index contributed by atoms with van der Waals surface area (Å²) in [6, 6.07) is 0. The zero-order valence-electron chi connectivity index (χ0n) is 11.7. The first-order valence-corrected chi connectivity index (χ1v) is 7.62. The minimum atomic E-state index is 0.243. The summed E-state index contributed by atoms with van der Waals surface area (Å²) in [6.07, 6.45) is 7.51. The fourth-order valence-electron chi connectivity index (χ4n) is 4.04. The maximum absolute atomic E-state index is 12.5. The summed E-state index contributed by atoms with van der Waals surface area (Å²) in [6.45, 7) is 4.17. The average Bonchev–Trinajstić information content (AvgIpc) is 3.13. The van der Waals surface area contributed by atoms with Crippen LogP contribution in [0.5, 0.6) is 0 Å². The Kier molecular flexibility index (Phi) is 3.13. The Morgan fingerprint density at radius 3 is 2.22 bits per heavy atom. The number of rotatable bonds is 2. The first-order chi connectivity index (χ1) is 8.64. The molecule has 1 N–H and O–H groups in total. The zero-order chi connectivity index (χ0) is 12.8. The summed E-state index contributed by atoms with van der Waals surface area (Å²) in [5.41, 5.74) is 0.243. The summed E-state index contributed by atoms with van der Waals surface area (Å²) in [4.78, 5) is 14.7. The van der Waals surface area contributed by atoms with Gasteiger partial charge in [-0.3, -0.25) is 4.79 Å². The van der Waals surface area contributed by atoms with Crippen LogP contribution in [-0.4, -0.2) is 36.5 Å². The number of likely N-dealkylation sites (tertiary alicyclic amines) is 1. The van der Waals surface area contributed by atoms with Crippen LogP contribution in [0.4, 0.5) is 0 Å². The van der Waals surface area contributed by atoms with Crippen molar-refractivity contribution < 1.29 is 4.79 Å². The van der Waals surface area contributed by atoms with E-state index in [9.17, 15) is 4.79 Å². The highest BCUT2D eigenvalue weighted by molar-refractivity contribution is 5.82. The second-order valence-electron chi connectivity index (χ2n) is 6.77. The predicted molar refractivity (Wildman–Crippen MR) is 72.2 cm³/mol. The first kappa shape index (κ1) is 12.5. The van der Waals surface area contributed by atoms with E-state index in [2.05, 4.69) is 17.1 Å². The minimum absolute atomic E-state index is 0.243. The SMILES string of the molecule is CNC1(C)CCN(C(=O)C2C3CCCCC32)CC1. The van der Waals surface area contributed by atoms with Gasteiger partial charge >= 0.3 is 0 Å². The molecule has 0 bridgehead atoms. The van der Waals surface area contributed by atoms with Crippen LogP contribution < -0.4 is 5.32 Å². The standard InChI is InChI=1S/C15H26N2O/c1-15(16-2)7-9-17(10-8-15)14(18)13-11-5-3-4-6-12(11)13/h11-13,16H,3-10H2,1-2H3. The molecule has 0 aromatic carbocycles. The number of hydrogen-bond acceptors (Lipinski definition) is 2. The Labute approximate surface area is 110 Å². The number of carbonyl (C=O) groups excluding carboxylic acids is 1. The molecule has 2 aliphatic carbocycles. The quantitative estimate of drug-likeness (QED) is 0.813. The second-order valence-corrected chi connectivity index (χ2v) is 6.77. The van der Waals surface area contributed by atoms with Crippen molar-refractivity contribution >= 4 is 5.91 Å². The van der Waals surface area contributed by atoms with Crippen LogP contribution >= 0.6 is 0 Å². The molecule has 3 heteroatoms. The van der Waals surface area contributed by atoms with Crippen molar-refractivity contribution in [3.63, 3.8) is 0 Å². The summed E-state index contributed by atoms with van der Waals surface area (Å²) in [7, 11) is 2.03. The van der Waals surface area contributed by atoms with Gasteiger partial charge in [0.25, 0.3) is 0 Å². The fraction of sp³-hybridized carbons (Fsp3) is 0.933. The molecule has 102 valence electrons. The molecule has 0 spiro atoms. The number of carbonyl (C=O) groups is 1. The van der Waals surface area contributed by atoms with Crippen molar-refractivity contribution in [3.8, 4) is 0 Å². The highest BCUT2D eigenvalue weighted by Gasteiger charge is 2.56. The van der Waals surface area contributed by atoms with Crippen molar-refractivity contribution in [2.45, 2.75) is 51.0 Å². The molecule has 3 nitrogen and oxygen atoms in total. The minimum Gasteiger partial charge on any atom is -0.342 e. The molecule has 3 aliphatic rings. The molecule has 1 saturated heterocycles. The van der Waals surface area contributed by atoms with Gasteiger partial charge in [-0.2, -0.15) is 0 Å². The number of nitrogens with one attached hydrogen (secondary N) is 1. The Morgan fingerprint density at radius 1 is 1.17 bits per heavy atom. The largest absolute Gasteiger partial charge is 0.342 e. The third-order valence-electron chi connectivity index (χ3n) is 5.72. The lowest BCUT2D eigenvalue weighted by Crippen LogP contribution is -2.51. The molecule has 0 aromatic rings. The van der Waals surface area contributed by atoms with E-state index in [-0.39, 0.29) is 5.54 Å². The molecule has 0 aromatic heterocycles. The molecule has 0 radical (unpaired) electrons. The van der Waals surface area contributed by atoms with Crippen LogP contribution in [0, 0.1) is 17.8 Å². The van der Waals surface area contributed by atoms with E-state index >= 15 is 0 Å². The first-order valence-electron chi connectivity index (χ1n) is 7.62. The van der Waals surface area contributed by atoms with Gasteiger partial charge in [0.15, 0.2) is 0 Å². The van der Waals surface area contributed by atoms with Crippen LogP contribution in [0.2, 0.25) is 0 Å². The van der Waals surface area contributed by atoms with Crippen molar-refractivity contribution in [3.05, 3.63) is 0 Å². The van der Waals surface area contributed by atoms with E-state index in [1.54, 1.807) is 0 Å². The van der Waals surface area contributed by atoms with Gasteiger partial charge in [0.1, 0.15) is 0 Å². The van der Waals surface area contributed by atoms with Gasteiger partial charge < -0.3 is 10.2 Å². The van der Waals surface area contributed by atoms with E-state index in [4.69, 9.17) is 0 Å². The van der Waals surface area contributed by atoms with Gasteiger partial charge in [-0.05, 0) is 51.5 Å². The van der Waals surface area contributed by atoms with Crippen molar-refractivity contribution in [2.24, 2.45) is 17.8 Å². The maximum Gasteiger partial charge on any atom is 0.226 e. The van der Waals surface area contributed by atoms with E-state index in [1.165, 1.54) is 25.7 Å². The van der Waals surface area contributed by atoms with Gasteiger partial charge in [-0.25, -0.2) is 0 Å². The van der Waals surface area contributed by atoms with Gasteiger partial charge in [0.05, 0.1) is 0 Å². The van der Waals surface area contributed by atoms with Crippen LogP contribution in [0.15, 0.2) is 0 Å². The molecule has 1 aliphatic heterocycles. The molecular weight excluding hydrogens is 224 g/mol. The van der Waals surface area contributed by atoms with E-state index in [0.29, 0.717) is 11.8 Å². The third-order valence-corrected chi connectivity index (χ3v) is 5.72. The number of fused-ring (bicyclic) bond motifs is 1. The summed E-state index contributed by atoms with van der Waals surface area (Å²) >= 11 is 0. The molecule has 3 rings (SSSR count). The van der Waals surface area contributed by atoms with E-state index in [1.807, 2.05) is 7.05 Å². The van der Waals surface area contributed by atoms with Crippen molar-refractivity contribution in [2.75, 3.05) is 20.1 Å². The predicted octanol–water partition coefficient (Wildman–Crippen LogP) is 2.02. The van der Waals surface area contributed by atoms with Crippen LogP contribution in [0.3, 0.4) is 0 Å². The molecule has 3 fully saturated rings. The summed E-state index contributed by atoms with van der Waals surface area (Å²) in [5.74, 6) is 2.39. The highest BCUT2D eigenvalue weighted by atomic mass is 16.2. The molecular formula is C15H26N2O. The monoisotopic (exact) mass is 250 g/mol. The molecule has 1 amide bonds. The lowest BCUT2D eigenvalue weighted by atomic mass is 9.89. The lowest BCUT2D eigenvalue weighted by Gasteiger charge is -2.39. The number of hydrogen-bond donors (Lipinski definition) is 1. The van der Waals surface area contributed by atoms with Gasteiger partial charge in [-0.15, -0.1) is 0 Å². The Hall–Kier alpha value is -0.570. The second kappa shape index (κ2) is 4.52. The number of amides is 1. The summed E-state index contributed by atoms with van der Waals surface area (Å²) < 4.78 is 0. The molecule has 1 heterocycles. The van der Waals surface area contributed by atoms with Crippen LogP contribution in [0.1, 0.15) is 45.4 Å². The lowest BCUT2D eigenvalue weighted by molar-refractivity contribution is -0.134. The molecule has 18 heavy (non-hydrogen) atoms. The highest BCUT2D eigenvalue weighted by Crippen LogP contribution is 2.56. The van der Waals surface area contributed by atoms with E-state index in [0.717, 1.165) is 37.8 Å². The van der Waals surface area contributed by atoms with Crippen molar-refractivity contribution in [1.29, 1.82) is 0 Å². The normalized spacial score (nSPS) is 38.1. The summed E-state index contributed by atoms with van der Waals surface area (Å²) in [5, 5.41) is 3.40. The number of nitrogens with zero attached hydrogens (tertiary/aromatic N) is 1.